The predicted molar refractivity (Wildman–Crippen MR) is 71.3 cm³/mol. The van der Waals surface area contributed by atoms with Crippen molar-refractivity contribution < 1.29 is 24.3 Å². The van der Waals surface area contributed by atoms with Gasteiger partial charge >= 0.3 is 12.0 Å². The summed E-state index contributed by atoms with van der Waals surface area (Å²) in [5.74, 6) is -1.82. The van der Waals surface area contributed by atoms with Crippen molar-refractivity contribution >= 4 is 23.8 Å². The zero-order valence-corrected chi connectivity index (χ0v) is 11.9. The molecule has 0 radical (unpaired) electrons. The molecule has 0 aliphatic carbocycles. The number of carbonyl (C=O) groups is 4. The van der Waals surface area contributed by atoms with Gasteiger partial charge in [0.05, 0.1) is 5.41 Å². The monoisotopic (exact) mass is 297 g/mol. The van der Waals surface area contributed by atoms with Crippen LogP contribution in [0.2, 0.25) is 0 Å². The number of hydrogen-bond donors (Lipinski definition) is 2. The standard InChI is InChI=1S/C13H19N3O5/c1-2-13(11(19)20)3-5-15(6-4-13)12(21)16-7-9(17)14-10(18)8-16/h2-8H2,1H3,(H,19,20)(H,14,17,18). The molecule has 2 N–H and O–H groups in total. The second-order valence-electron chi connectivity index (χ2n) is 5.54. The van der Waals surface area contributed by atoms with Gasteiger partial charge in [-0.15, -0.1) is 0 Å². The van der Waals surface area contributed by atoms with Crippen LogP contribution in [0.4, 0.5) is 4.79 Å². The molecule has 2 saturated heterocycles. The maximum Gasteiger partial charge on any atom is 0.320 e. The third-order valence-electron chi connectivity index (χ3n) is 4.34. The smallest absolute Gasteiger partial charge is 0.320 e. The molecule has 0 aromatic heterocycles. The number of nitrogens with zero attached hydrogens (tertiary/aromatic N) is 2. The molecule has 0 spiro atoms. The molecule has 0 aromatic carbocycles. The summed E-state index contributed by atoms with van der Waals surface area (Å²) in [6, 6.07) is -0.381. The first-order chi connectivity index (χ1) is 9.88. The molecule has 116 valence electrons. The average molecular weight is 297 g/mol. The lowest BCUT2D eigenvalue weighted by Crippen LogP contribution is -2.58. The van der Waals surface area contributed by atoms with Crippen LogP contribution in [0.5, 0.6) is 0 Å². The van der Waals surface area contributed by atoms with Crippen LogP contribution in [-0.2, 0) is 14.4 Å². The van der Waals surface area contributed by atoms with Gasteiger partial charge in [-0.1, -0.05) is 6.92 Å². The van der Waals surface area contributed by atoms with Gasteiger partial charge in [-0.3, -0.25) is 19.7 Å². The van der Waals surface area contributed by atoms with Crippen molar-refractivity contribution in [3.63, 3.8) is 0 Å². The third-order valence-corrected chi connectivity index (χ3v) is 4.34. The highest BCUT2D eigenvalue weighted by atomic mass is 16.4. The second kappa shape index (κ2) is 5.71. The minimum atomic E-state index is -0.829. The Bertz CT molecular complexity index is 466. The average Bonchev–Trinajstić information content (AvgIpc) is 2.45. The maximum atomic E-state index is 12.3. The van der Waals surface area contributed by atoms with Crippen molar-refractivity contribution in [3.05, 3.63) is 0 Å². The number of carbonyl (C=O) groups excluding carboxylic acids is 3. The highest BCUT2D eigenvalue weighted by molar-refractivity contribution is 6.02. The fraction of sp³-hybridized carbons (Fsp3) is 0.692. The summed E-state index contributed by atoms with van der Waals surface area (Å²) >= 11 is 0. The van der Waals surface area contributed by atoms with Crippen LogP contribution in [0.3, 0.4) is 0 Å². The quantitative estimate of drug-likeness (QED) is 0.677. The molecule has 0 atom stereocenters. The number of likely N-dealkylation sites (tertiary alicyclic amines) is 1. The number of nitrogens with one attached hydrogen (secondary N) is 1. The van der Waals surface area contributed by atoms with E-state index in [4.69, 9.17) is 0 Å². The van der Waals surface area contributed by atoms with Gasteiger partial charge in [-0.2, -0.15) is 0 Å². The van der Waals surface area contributed by atoms with Crippen molar-refractivity contribution in [2.24, 2.45) is 5.41 Å². The number of carboxylic acid groups (broad SMARTS) is 1. The topological polar surface area (TPSA) is 107 Å². The van der Waals surface area contributed by atoms with E-state index >= 15 is 0 Å². The van der Waals surface area contributed by atoms with E-state index in [0.717, 1.165) is 0 Å². The van der Waals surface area contributed by atoms with Crippen LogP contribution in [0.1, 0.15) is 26.2 Å². The highest BCUT2D eigenvalue weighted by Gasteiger charge is 2.42. The van der Waals surface area contributed by atoms with Crippen molar-refractivity contribution in [1.29, 1.82) is 0 Å². The first-order valence-corrected chi connectivity index (χ1v) is 6.98. The van der Waals surface area contributed by atoms with E-state index in [9.17, 15) is 24.3 Å². The first-order valence-electron chi connectivity index (χ1n) is 6.98. The molecule has 0 unspecified atom stereocenters. The Morgan fingerprint density at radius 3 is 2.10 bits per heavy atom. The Morgan fingerprint density at radius 2 is 1.67 bits per heavy atom. The molecule has 0 bridgehead atoms. The predicted octanol–water partition coefficient (Wildman–Crippen LogP) is -0.358. The SMILES string of the molecule is CCC1(C(=O)O)CCN(C(=O)N2CC(=O)NC(=O)C2)CC1. The summed E-state index contributed by atoms with van der Waals surface area (Å²) in [5, 5.41) is 11.5. The number of imide groups is 1. The molecule has 2 aliphatic rings. The van der Waals surface area contributed by atoms with E-state index in [2.05, 4.69) is 5.32 Å². The molecule has 21 heavy (non-hydrogen) atoms. The zero-order chi connectivity index (χ0) is 15.6. The number of piperazine rings is 1. The van der Waals surface area contributed by atoms with Crippen LogP contribution in [0.25, 0.3) is 0 Å². The van der Waals surface area contributed by atoms with Gasteiger partial charge in [0, 0.05) is 13.1 Å². The summed E-state index contributed by atoms with van der Waals surface area (Å²) in [6.07, 6.45) is 1.30. The number of amides is 4. The van der Waals surface area contributed by atoms with Gasteiger partial charge in [-0.05, 0) is 19.3 Å². The van der Waals surface area contributed by atoms with E-state index < -0.39 is 23.2 Å². The molecule has 8 heteroatoms. The van der Waals surface area contributed by atoms with E-state index in [0.29, 0.717) is 32.4 Å². The number of urea groups is 1. The number of hydrogen-bond acceptors (Lipinski definition) is 4. The number of aliphatic carboxylic acids is 1. The van der Waals surface area contributed by atoms with Crippen LogP contribution in [0.15, 0.2) is 0 Å². The lowest BCUT2D eigenvalue weighted by Gasteiger charge is -2.40. The first kappa shape index (κ1) is 15.3. The maximum absolute atomic E-state index is 12.3. The molecule has 2 rings (SSSR count). The Morgan fingerprint density at radius 1 is 1.14 bits per heavy atom. The van der Waals surface area contributed by atoms with E-state index in [1.54, 1.807) is 0 Å². The third kappa shape index (κ3) is 2.98. The Hall–Kier alpha value is -2.12. The van der Waals surface area contributed by atoms with Gasteiger partial charge in [0.2, 0.25) is 11.8 Å². The molecule has 2 heterocycles. The fourth-order valence-electron chi connectivity index (χ4n) is 2.82. The van der Waals surface area contributed by atoms with Crippen LogP contribution in [0, 0.1) is 5.41 Å². The molecule has 2 fully saturated rings. The van der Waals surface area contributed by atoms with E-state index in [1.165, 1.54) is 9.80 Å². The molecule has 4 amide bonds. The van der Waals surface area contributed by atoms with Crippen molar-refractivity contribution in [1.82, 2.24) is 15.1 Å². The summed E-state index contributed by atoms with van der Waals surface area (Å²) in [4.78, 5) is 48.9. The molecular formula is C13H19N3O5. The number of piperidine rings is 1. The minimum Gasteiger partial charge on any atom is -0.481 e. The summed E-state index contributed by atoms with van der Waals surface area (Å²) in [6.45, 7) is 2.20. The zero-order valence-electron chi connectivity index (χ0n) is 11.9. The summed E-state index contributed by atoms with van der Waals surface area (Å²) < 4.78 is 0. The molecule has 2 aliphatic heterocycles. The Kier molecular flexibility index (Phi) is 4.15. The van der Waals surface area contributed by atoms with E-state index in [-0.39, 0.29) is 19.1 Å². The number of carboxylic acids is 1. The minimum absolute atomic E-state index is 0.140. The van der Waals surface area contributed by atoms with Gasteiger partial charge in [0.25, 0.3) is 0 Å². The second-order valence-corrected chi connectivity index (χ2v) is 5.54. The van der Waals surface area contributed by atoms with Crippen molar-refractivity contribution in [2.45, 2.75) is 26.2 Å². The largest absolute Gasteiger partial charge is 0.481 e. The lowest BCUT2D eigenvalue weighted by molar-refractivity contribution is -0.152. The Balaban J connectivity index is 1.98. The summed E-state index contributed by atoms with van der Waals surface area (Å²) in [5.41, 5.74) is -0.772. The van der Waals surface area contributed by atoms with Crippen molar-refractivity contribution in [3.8, 4) is 0 Å². The molecule has 0 saturated carbocycles. The van der Waals surface area contributed by atoms with Crippen LogP contribution >= 0.6 is 0 Å². The lowest BCUT2D eigenvalue weighted by atomic mass is 9.76. The van der Waals surface area contributed by atoms with Gasteiger partial charge in [0.1, 0.15) is 13.1 Å². The van der Waals surface area contributed by atoms with E-state index in [1.807, 2.05) is 6.92 Å². The number of rotatable bonds is 2. The van der Waals surface area contributed by atoms with Crippen LogP contribution in [-0.4, -0.2) is 64.9 Å². The molecular weight excluding hydrogens is 278 g/mol. The molecule has 8 nitrogen and oxygen atoms in total. The summed E-state index contributed by atoms with van der Waals surface area (Å²) in [7, 11) is 0. The normalized spacial score (nSPS) is 22.0. The van der Waals surface area contributed by atoms with Gasteiger partial charge < -0.3 is 14.9 Å². The van der Waals surface area contributed by atoms with Gasteiger partial charge in [-0.25, -0.2) is 4.79 Å². The highest BCUT2D eigenvalue weighted by Crippen LogP contribution is 2.35. The molecule has 0 aromatic rings. The fourth-order valence-corrected chi connectivity index (χ4v) is 2.82. The van der Waals surface area contributed by atoms with Crippen molar-refractivity contribution in [2.75, 3.05) is 26.2 Å². The van der Waals surface area contributed by atoms with Crippen LogP contribution < -0.4 is 5.32 Å². The van der Waals surface area contributed by atoms with Gasteiger partial charge in [0.15, 0.2) is 0 Å². The Labute approximate surface area is 122 Å².